The smallest absolute Gasteiger partial charge is 0.277 e. The highest BCUT2D eigenvalue weighted by molar-refractivity contribution is 7.17. The number of carbonyl (C=O) groups is 1. The predicted octanol–water partition coefficient (Wildman–Crippen LogP) is 2.18. The maximum atomic E-state index is 12.9. The normalized spacial score (nSPS) is 11.3. The van der Waals surface area contributed by atoms with Crippen LogP contribution in [0, 0.1) is 20.8 Å². The van der Waals surface area contributed by atoms with E-state index in [1.54, 1.807) is 27.8 Å². The highest BCUT2D eigenvalue weighted by atomic mass is 32.1. The lowest BCUT2D eigenvalue weighted by molar-refractivity contribution is 0.0481. The van der Waals surface area contributed by atoms with Crippen molar-refractivity contribution in [3.05, 3.63) is 32.2 Å². The number of rotatable bonds is 7. The van der Waals surface area contributed by atoms with Crippen LogP contribution in [0.25, 0.3) is 10.6 Å². The Balaban J connectivity index is 2.47. The van der Waals surface area contributed by atoms with E-state index in [-0.39, 0.29) is 23.6 Å². The van der Waals surface area contributed by atoms with Gasteiger partial charge in [-0.3, -0.25) is 9.59 Å². The fraction of sp³-hybridized carbons (Fsp3) is 0.529. The summed E-state index contributed by atoms with van der Waals surface area (Å²) in [7, 11) is 2.98. The van der Waals surface area contributed by atoms with Gasteiger partial charge < -0.3 is 9.64 Å². The van der Waals surface area contributed by atoms with Gasteiger partial charge in [0.2, 0.25) is 0 Å². The lowest BCUT2D eigenvalue weighted by Gasteiger charge is -2.21. The van der Waals surface area contributed by atoms with E-state index >= 15 is 0 Å². The molecule has 0 N–H and O–H groups in total. The number of aromatic nitrogens is 3. The van der Waals surface area contributed by atoms with Crippen LogP contribution in [0.3, 0.4) is 0 Å². The van der Waals surface area contributed by atoms with E-state index in [2.05, 4.69) is 10.1 Å². The Kier molecular flexibility index (Phi) is 6.77. The Hall–Kier alpha value is -2.20. The molecule has 0 fully saturated rings. The molecule has 0 spiro atoms. The molecule has 0 aliphatic heterocycles. The molecule has 0 aromatic carbocycles. The quantitative estimate of drug-likeness (QED) is 0.712. The first-order valence-corrected chi connectivity index (χ1v) is 9.07. The van der Waals surface area contributed by atoms with Gasteiger partial charge in [0.05, 0.1) is 30.1 Å². The molecule has 1 amide bonds. The minimum atomic E-state index is -2.66. The SMILES string of the molecule is COCCN(CC(F)F)C(=O)c1sc(-c2c(C)c(C)nn(C)c2=O)nc1C. The lowest BCUT2D eigenvalue weighted by atomic mass is 10.1. The molecule has 7 nitrogen and oxygen atoms in total. The zero-order valence-corrected chi connectivity index (χ0v) is 16.7. The van der Waals surface area contributed by atoms with Gasteiger partial charge in [0.25, 0.3) is 17.9 Å². The number of alkyl halides is 2. The van der Waals surface area contributed by atoms with E-state index in [9.17, 15) is 18.4 Å². The second-order valence-corrected chi connectivity index (χ2v) is 7.08. The molecule has 2 rings (SSSR count). The van der Waals surface area contributed by atoms with Crippen molar-refractivity contribution in [3.63, 3.8) is 0 Å². The summed E-state index contributed by atoms with van der Waals surface area (Å²) in [6.07, 6.45) is -2.66. The molecule has 0 radical (unpaired) electrons. The lowest BCUT2D eigenvalue weighted by Crippen LogP contribution is -2.37. The molecule has 2 heterocycles. The number of halogens is 2. The predicted molar refractivity (Wildman–Crippen MR) is 98.6 cm³/mol. The minimum Gasteiger partial charge on any atom is -0.383 e. The molecule has 148 valence electrons. The van der Waals surface area contributed by atoms with Crippen LogP contribution in [0.4, 0.5) is 8.78 Å². The van der Waals surface area contributed by atoms with E-state index in [0.717, 1.165) is 16.2 Å². The van der Waals surface area contributed by atoms with Crippen molar-refractivity contribution in [2.75, 3.05) is 26.8 Å². The first-order valence-electron chi connectivity index (χ1n) is 8.26. The van der Waals surface area contributed by atoms with Crippen molar-refractivity contribution < 1.29 is 18.3 Å². The van der Waals surface area contributed by atoms with Gasteiger partial charge in [-0.05, 0) is 26.3 Å². The van der Waals surface area contributed by atoms with E-state index in [4.69, 9.17) is 4.74 Å². The molecule has 0 unspecified atom stereocenters. The van der Waals surface area contributed by atoms with Crippen molar-refractivity contribution >= 4 is 17.2 Å². The third kappa shape index (κ3) is 4.56. The van der Waals surface area contributed by atoms with Gasteiger partial charge in [-0.1, -0.05) is 0 Å². The third-order valence-corrected chi connectivity index (χ3v) is 5.30. The number of methoxy groups -OCH3 is 1. The molecule has 0 aliphatic carbocycles. The molecule has 0 saturated heterocycles. The van der Waals surface area contributed by atoms with Crippen molar-refractivity contribution in [1.29, 1.82) is 0 Å². The summed E-state index contributed by atoms with van der Waals surface area (Å²) < 4.78 is 31.8. The van der Waals surface area contributed by atoms with Crippen LogP contribution < -0.4 is 5.56 Å². The highest BCUT2D eigenvalue weighted by Crippen LogP contribution is 2.29. The Bertz CT molecular complexity index is 895. The second-order valence-electron chi connectivity index (χ2n) is 6.08. The first kappa shape index (κ1) is 21.1. The summed E-state index contributed by atoms with van der Waals surface area (Å²) in [5.74, 6) is -0.547. The van der Waals surface area contributed by atoms with Crippen LogP contribution in [0.5, 0.6) is 0 Å². The monoisotopic (exact) mass is 400 g/mol. The number of nitrogens with zero attached hydrogens (tertiary/aromatic N) is 4. The number of thiazole rings is 1. The Morgan fingerprint density at radius 2 is 1.96 bits per heavy atom. The molecular weight excluding hydrogens is 378 g/mol. The number of ether oxygens (including phenoxy) is 1. The van der Waals surface area contributed by atoms with Crippen molar-refractivity contribution in [2.24, 2.45) is 7.05 Å². The molecule has 0 saturated carbocycles. The van der Waals surface area contributed by atoms with Gasteiger partial charge in [-0.25, -0.2) is 18.4 Å². The van der Waals surface area contributed by atoms with Gasteiger partial charge >= 0.3 is 0 Å². The molecule has 0 aliphatic rings. The fourth-order valence-corrected chi connectivity index (χ4v) is 3.72. The molecule has 27 heavy (non-hydrogen) atoms. The van der Waals surface area contributed by atoms with Crippen LogP contribution in [-0.4, -0.2) is 58.8 Å². The van der Waals surface area contributed by atoms with Crippen LogP contribution in [0.15, 0.2) is 4.79 Å². The second kappa shape index (κ2) is 8.66. The van der Waals surface area contributed by atoms with Crippen molar-refractivity contribution in [3.8, 4) is 10.6 Å². The van der Waals surface area contributed by atoms with Crippen LogP contribution in [0.1, 0.15) is 26.6 Å². The molecule has 2 aromatic heterocycles. The van der Waals surface area contributed by atoms with Crippen molar-refractivity contribution in [1.82, 2.24) is 19.7 Å². The van der Waals surface area contributed by atoms with Gasteiger partial charge in [-0.15, -0.1) is 11.3 Å². The summed E-state index contributed by atoms with van der Waals surface area (Å²) >= 11 is 1.03. The Morgan fingerprint density at radius 1 is 1.30 bits per heavy atom. The number of amides is 1. The zero-order valence-electron chi connectivity index (χ0n) is 15.9. The molecule has 0 bridgehead atoms. The maximum Gasteiger partial charge on any atom is 0.277 e. The summed E-state index contributed by atoms with van der Waals surface area (Å²) in [6, 6.07) is 0. The summed E-state index contributed by atoms with van der Waals surface area (Å²) in [4.78, 5) is 30.9. The number of hydrogen-bond acceptors (Lipinski definition) is 6. The van der Waals surface area contributed by atoms with Crippen LogP contribution in [-0.2, 0) is 11.8 Å². The number of hydrogen-bond donors (Lipinski definition) is 0. The van der Waals surface area contributed by atoms with Gasteiger partial charge in [0.15, 0.2) is 0 Å². The number of aryl methyl sites for hydroxylation is 3. The van der Waals surface area contributed by atoms with E-state index in [0.29, 0.717) is 27.5 Å². The molecule has 10 heteroatoms. The average molecular weight is 400 g/mol. The van der Waals surface area contributed by atoms with Gasteiger partial charge in [0, 0.05) is 20.7 Å². The fourth-order valence-electron chi connectivity index (χ4n) is 2.59. The summed E-state index contributed by atoms with van der Waals surface area (Å²) in [6.45, 7) is 4.66. The van der Waals surface area contributed by atoms with Crippen molar-refractivity contribution in [2.45, 2.75) is 27.2 Å². The minimum absolute atomic E-state index is 0.0432. The van der Waals surface area contributed by atoms with E-state index < -0.39 is 18.9 Å². The Morgan fingerprint density at radius 3 is 2.56 bits per heavy atom. The van der Waals surface area contributed by atoms with Crippen LogP contribution in [0.2, 0.25) is 0 Å². The highest BCUT2D eigenvalue weighted by Gasteiger charge is 2.26. The van der Waals surface area contributed by atoms with Gasteiger partial charge in [0.1, 0.15) is 9.88 Å². The molecule has 0 atom stereocenters. The number of carbonyl (C=O) groups excluding carboxylic acids is 1. The van der Waals surface area contributed by atoms with Crippen LogP contribution >= 0.6 is 11.3 Å². The molecule has 2 aromatic rings. The first-order chi connectivity index (χ1) is 12.7. The topological polar surface area (TPSA) is 77.3 Å². The Labute approximate surface area is 159 Å². The average Bonchev–Trinajstić information content (AvgIpc) is 2.97. The standard InChI is InChI=1S/C17H22F2N4O3S/c1-9-10(2)21-22(4)16(24)13(9)15-20-11(3)14(27-15)17(25)23(6-7-26-5)8-12(18)19/h12H,6-8H2,1-5H3. The molecular formula is C17H22F2N4O3S. The van der Waals surface area contributed by atoms with E-state index in [1.165, 1.54) is 11.8 Å². The van der Waals surface area contributed by atoms with E-state index in [1.807, 2.05) is 0 Å². The summed E-state index contributed by atoms with van der Waals surface area (Å²) in [5.41, 5.74) is 1.79. The summed E-state index contributed by atoms with van der Waals surface area (Å²) in [5, 5.41) is 4.50. The largest absolute Gasteiger partial charge is 0.383 e. The zero-order chi connectivity index (χ0) is 20.3. The third-order valence-electron chi connectivity index (χ3n) is 4.14. The van der Waals surface area contributed by atoms with Gasteiger partial charge in [-0.2, -0.15) is 5.10 Å². The maximum absolute atomic E-state index is 12.9.